The molecule has 0 radical (unpaired) electrons. The van der Waals surface area contributed by atoms with Gasteiger partial charge in [-0.15, -0.1) is 0 Å². The van der Waals surface area contributed by atoms with Gasteiger partial charge in [-0.1, -0.05) is 26.0 Å². The maximum Gasteiger partial charge on any atom is 0.161 e. The summed E-state index contributed by atoms with van der Waals surface area (Å²) in [6.45, 7) is 8.02. The van der Waals surface area contributed by atoms with E-state index >= 15 is 0 Å². The molecule has 0 fully saturated rings. The monoisotopic (exact) mass is 432 g/mol. The Labute approximate surface area is 185 Å². The van der Waals surface area contributed by atoms with Crippen LogP contribution in [-0.4, -0.2) is 63.7 Å². The van der Waals surface area contributed by atoms with Crippen molar-refractivity contribution < 1.29 is 24.1 Å². The first-order valence-electron chi connectivity index (χ1n) is 10.7. The molecule has 0 aliphatic carbocycles. The Hall–Kier alpha value is -2.48. The van der Waals surface area contributed by atoms with Crippen LogP contribution >= 0.6 is 0 Å². The third-order valence-electron chi connectivity index (χ3n) is 5.18. The molecule has 0 heterocycles. The number of aliphatic hydroxyl groups is 1. The van der Waals surface area contributed by atoms with Gasteiger partial charge in [0, 0.05) is 25.2 Å². The zero-order valence-electron chi connectivity index (χ0n) is 19.3. The van der Waals surface area contributed by atoms with Crippen LogP contribution in [0.1, 0.15) is 25.0 Å². The van der Waals surface area contributed by atoms with E-state index in [0.717, 1.165) is 35.7 Å². The average molecular weight is 433 g/mol. The molecule has 0 aliphatic rings. The van der Waals surface area contributed by atoms with Crippen molar-refractivity contribution in [2.45, 2.75) is 33.0 Å². The molecule has 0 aliphatic heterocycles. The highest BCUT2D eigenvalue weighted by Crippen LogP contribution is 2.30. The van der Waals surface area contributed by atoms with Crippen molar-refractivity contribution in [2.75, 3.05) is 47.6 Å². The molecular weight excluding hydrogens is 396 g/mol. The van der Waals surface area contributed by atoms with Gasteiger partial charge in [-0.05, 0) is 42.9 Å². The third kappa shape index (κ3) is 7.31. The molecule has 7 nitrogen and oxygen atoms in total. The second kappa shape index (κ2) is 13.0. The van der Waals surface area contributed by atoms with Gasteiger partial charge < -0.3 is 34.3 Å². The highest BCUT2D eigenvalue weighted by Gasteiger charge is 2.13. The number of benzene rings is 2. The van der Waals surface area contributed by atoms with Gasteiger partial charge in [0.1, 0.15) is 24.2 Å². The number of nitrogens with one attached hydrogen (secondary N) is 1. The Balaban J connectivity index is 1.95. The summed E-state index contributed by atoms with van der Waals surface area (Å²) >= 11 is 0. The van der Waals surface area contributed by atoms with Crippen LogP contribution in [0.25, 0.3) is 0 Å². The average Bonchev–Trinajstić information content (AvgIpc) is 2.81. The van der Waals surface area contributed by atoms with Crippen LogP contribution in [0.2, 0.25) is 0 Å². The van der Waals surface area contributed by atoms with E-state index in [-0.39, 0.29) is 6.61 Å². The van der Waals surface area contributed by atoms with Gasteiger partial charge in [-0.3, -0.25) is 0 Å². The van der Waals surface area contributed by atoms with Crippen LogP contribution in [0, 0.1) is 0 Å². The van der Waals surface area contributed by atoms with E-state index in [4.69, 9.17) is 18.9 Å². The van der Waals surface area contributed by atoms with Crippen LogP contribution in [0.15, 0.2) is 36.4 Å². The number of aliphatic hydroxyl groups excluding tert-OH is 1. The minimum Gasteiger partial charge on any atom is -0.496 e. The lowest BCUT2D eigenvalue weighted by atomic mass is 10.1. The van der Waals surface area contributed by atoms with Crippen LogP contribution in [0.4, 0.5) is 0 Å². The Bertz CT molecular complexity index is 773. The molecule has 2 N–H and O–H groups in total. The first kappa shape index (κ1) is 24.8. The molecule has 0 bridgehead atoms. The first-order valence-corrected chi connectivity index (χ1v) is 10.7. The van der Waals surface area contributed by atoms with Crippen molar-refractivity contribution in [3.05, 3.63) is 47.5 Å². The fraction of sp³-hybridized carbons (Fsp3) is 0.500. The molecule has 2 aromatic rings. The minimum atomic E-state index is -0.554. The zero-order chi connectivity index (χ0) is 22.6. The van der Waals surface area contributed by atoms with Gasteiger partial charge >= 0.3 is 0 Å². The highest BCUT2D eigenvalue weighted by molar-refractivity contribution is 5.45. The summed E-state index contributed by atoms with van der Waals surface area (Å²) in [5, 5.41) is 13.7. The van der Waals surface area contributed by atoms with Crippen LogP contribution in [-0.2, 0) is 13.1 Å². The molecule has 0 saturated carbocycles. The van der Waals surface area contributed by atoms with Crippen LogP contribution < -0.4 is 24.3 Å². The minimum absolute atomic E-state index is 0.220. The van der Waals surface area contributed by atoms with E-state index < -0.39 is 6.10 Å². The number of methoxy groups -OCH3 is 3. The molecule has 2 aromatic carbocycles. The maximum absolute atomic E-state index is 10.2. The lowest BCUT2D eigenvalue weighted by Gasteiger charge is -2.22. The summed E-state index contributed by atoms with van der Waals surface area (Å²) in [4.78, 5) is 2.16. The van der Waals surface area contributed by atoms with Gasteiger partial charge in [0.2, 0.25) is 0 Å². The number of likely N-dealkylation sites (N-methyl/N-ethyl adjacent to an activating group) is 1. The largest absolute Gasteiger partial charge is 0.496 e. The lowest BCUT2D eigenvalue weighted by Crippen LogP contribution is -2.35. The first-order chi connectivity index (χ1) is 15.1. The number of rotatable bonds is 14. The molecule has 1 unspecified atom stereocenters. The third-order valence-corrected chi connectivity index (χ3v) is 5.18. The summed E-state index contributed by atoms with van der Waals surface area (Å²) < 4.78 is 22.2. The van der Waals surface area contributed by atoms with Crippen LogP contribution in [0.5, 0.6) is 23.0 Å². The standard InChI is InChI=1S/C24H36N2O5/c1-6-26(7-2)16-19(27)17-31-23-12-11-18(13-24(23)30-5)14-25-15-20-21(28-3)9-8-10-22(20)29-4/h8-13,19,25,27H,6-7,14-17H2,1-5H3. The van der Waals surface area contributed by atoms with E-state index in [1.54, 1.807) is 21.3 Å². The number of hydrogen-bond acceptors (Lipinski definition) is 7. The van der Waals surface area contributed by atoms with E-state index in [2.05, 4.69) is 24.1 Å². The summed E-state index contributed by atoms with van der Waals surface area (Å²) in [7, 11) is 4.92. The molecular formula is C24H36N2O5. The van der Waals surface area contributed by atoms with Gasteiger partial charge in [0.25, 0.3) is 0 Å². The van der Waals surface area contributed by atoms with Crippen molar-refractivity contribution in [1.82, 2.24) is 10.2 Å². The molecule has 0 aromatic heterocycles. The van der Waals surface area contributed by atoms with Crippen molar-refractivity contribution in [3.63, 3.8) is 0 Å². The molecule has 0 saturated heterocycles. The Morgan fingerprint density at radius 1 is 0.871 bits per heavy atom. The Morgan fingerprint density at radius 3 is 2.10 bits per heavy atom. The van der Waals surface area contributed by atoms with Crippen molar-refractivity contribution in [1.29, 1.82) is 0 Å². The van der Waals surface area contributed by atoms with E-state index in [1.807, 2.05) is 36.4 Å². The van der Waals surface area contributed by atoms with E-state index in [0.29, 0.717) is 31.1 Å². The molecule has 0 amide bonds. The summed E-state index contributed by atoms with van der Waals surface area (Å²) in [6, 6.07) is 11.6. The number of hydrogen-bond donors (Lipinski definition) is 2. The van der Waals surface area contributed by atoms with E-state index in [1.165, 1.54) is 0 Å². The predicted octanol–water partition coefficient (Wildman–Crippen LogP) is 3.08. The van der Waals surface area contributed by atoms with E-state index in [9.17, 15) is 5.11 Å². The molecule has 1 atom stereocenters. The summed E-state index contributed by atoms with van der Waals surface area (Å²) in [6.07, 6.45) is -0.554. The van der Waals surface area contributed by atoms with Crippen molar-refractivity contribution >= 4 is 0 Å². The highest BCUT2D eigenvalue weighted by atomic mass is 16.5. The normalized spacial score (nSPS) is 12.0. The number of ether oxygens (including phenoxy) is 4. The summed E-state index contributed by atoms with van der Waals surface area (Å²) in [5.74, 6) is 2.84. The fourth-order valence-electron chi connectivity index (χ4n) is 3.39. The predicted molar refractivity (Wildman–Crippen MR) is 122 cm³/mol. The number of nitrogens with zero attached hydrogens (tertiary/aromatic N) is 1. The second-order valence-electron chi connectivity index (χ2n) is 7.18. The van der Waals surface area contributed by atoms with Gasteiger partial charge in [0.05, 0.1) is 21.3 Å². The van der Waals surface area contributed by atoms with Gasteiger partial charge in [-0.25, -0.2) is 0 Å². The quantitative estimate of drug-likeness (QED) is 0.475. The maximum atomic E-state index is 10.2. The lowest BCUT2D eigenvalue weighted by molar-refractivity contribution is 0.0705. The molecule has 172 valence electrons. The smallest absolute Gasteiger partial charge is 0.161 e. The second-order valence-corrected chi connectivity index (χ2v) is 7.18. The van der Waals surface area contributed by atoms with Gasteiger partial charge in [-0.2, -0.15) is 0 Å². The van der Waals surface area contributed by atoms with Crippen LogP contribution in [0.3, 0.4) is 0 Å². The Kier molecular flexibility index (Phi) is 10.4. The molecule has 31 heavy (non-hydrogen) atoms. The van der Waals surface area contributed by atoms with Crippen molar-refractivity contribution in [2.24, 2.45) is 0 Å². The zero-order valence-corrected chi connectivity index (χ0v) is 19.3. The summed E-state index contributed by atoms with van der Waals surface area (Å²) in [5.41, 5.74) is 2.03. The topological polar surface area (TPSA) is 72.4 Å². The van der Waals surface area contributed by atoms with Gasteiger partial charge in [0.15, 0.2) is 11.5 Å². The van der Waals surface area contributed by atoms with Crippen molar-refractivity contribution in [3.8, 4) is 23.0 Å². The fourth-order valence-corrected chi connectivity index (χ4v) is 3.39. The molecule has 7 heteroatoms. The Morgan fingerprint density at radius 2 is 1.52 bits per heavy atom. The molecule has 0 spiro atoms. The SMILES string of the molecule is CCN(CC)CC(O)COc1ccc(CNCc2c(OC)cccc2OC)cc1OC. The molecule has 2 rings (SSSR count).